The van der Waals surface area contributed by atoms with Gasteiger partial charge in [-0.3, -0.25) is 43.3 Å². The van der Waals surface area contributed by atoms with Gasteiger partial charge in [0.25, 0.3) is 23.5 Å². The number of Topliss-reactive ketones (excluding diaryl/α,β-unsaturated/α-hetero) is 1. The van der Waals surface area contributed by atoms with Crippen LogP contribution in [0.3, 0.4) is 0 Å². The molecule has 0 aliphatic carbocycles. The van der Waals surface area contributed by atoms with Gasteiger partial charge in [0.15, 0.2) is 11.2 Å². The Kier molecular flexibility index (Phi) is 24.8. The minimum atomic E-state index is -1.99. The number of urea groups is 1. The molecule has 5 aromatic rings. The molecule has 9 N–H and O–H groups in total. The Labute approximate surface area is 590 Å². The third-order valence-corrected chi connectivity index (χ3v) is 20.2. The van der Waals surface area contributed by atoms with Crippen molar-refractivity contribution in [3.8, 4) is 11.5 Å². The van der Waals surface area contributed by atoms with Crippen molar-refractivity contribution in [1.82, 2.24) is 30.7 Å². The number of amides is 9. The molecule has 4 bridgehead atoms. The zero-order chi connectivity index (χ0) is 73.1. The lowest BCUT2D eigenvalue weighted by molar-refractivity contribution is -0.137. The van der Waals surface area contributed by atoms with Crippen LogP contribution >= 0.6 is 11.3 Å². The maximum atomic E-state index is 14.9. The van der Waals surface area contributed by atoms with Crippen LogP contribution < -0.4 is 47.4 Å². The molecule has 27 heteroatoms. The predicted molar refractivity (Wildman–Crippen MR) is 384 cm³/mol. The van der Waals surface area contributed by atoms with E-state index in [-0.39, 0.29) is 130 Å². The van der Waals surface area contributed by atoms with Crippen molar-refractivity contribution in [3.63, 3.8) is 0 Å². The summed E-state index contributed by atoms with van der Waals surface area (Å²) in [6.07, 6.45) is 12.5. The van der Waals surface area contributed by atoms with E-state index in [0.717, 1.165) is 23.4 Å². The highest BCUT2D eigenvalue weighted by atomic mass is 32.1. The number of ether oxygens (including phenoxy) is 4. The number of nitrogens with one attached hydrogen (secondary N) is 5. The summed E-state index contributed by atoms with van der Waals surface area (Å²) in [7, 11) is 1.53. The molecule has 1 fully saturated rings. The number of carbonyl (C=O) groups excluding carboxylic acids is 9. The van der Waals surface area contributed by atoms with E-state index in [1.54, 1.807) is 68.2 Å². The molecule has 9 amide bonds. The number of nitrogens with zero attached hydrogens (tertiary/aromatic N) is 4. The molecule has 1 saturated heterocycles. The number of phenols is 1. The minimum Gasteiger partial charge on any atom is -0.505 e. The zero-order valence-corrected chi connectivity index (χ0v) is 59.6. The molecular weight excluding hydrogens is 1320 g/mol. The molecule has 0 saturated carbocycles. The number of primary amides is 1. The molecule has 0 radical (unpaired) electrons. The van der Waals surface area contributed by atoms with Crippen LogP contribution in [0.5, 0.6) is 11.5 Å². The summed E-state index contributed by atoms with van der Waals surface area (Å²) in [5, 5.41) is 37.5. The molecule has 9 rings (SSSR count). The standard InChI is InChI=1S/C74H92N10O16S/c1-40(2)60(80-54(85)19-12-11-13-30-84-55(86)26-27-56(84)87)71(94)79-51(18-15-29-76-72(75)95)70(93)77-48-22-20-47(21-23-48)39-98-73(96)83-33-31-82(32-34-83)49-24-25-50-53(38-49)101-67-61(78-50)57-58-64(89)46(8)66-59(57)68(91)74(9,100-66)99-35-28-52(97-10)45(7)63(88)44(6)37-42(4)36-41(3)16-14-17-43(5)69(92)81-62(67)65(58)90/h14,16-17,20-28,35,38,40-42,44-45,51-52,60,63,88,90H,11-13,15,18-19,29-34,36-37,39H2,1-10H3,(H,77,93)(H,79,94)(H,80,85)(H,81,92)(H3,75,76,95)/b16-14+,35-28+,43-17-/t41-,42+,44+,45+,51-,52-,60-,63-,74-/m0/s1. The van der Waals surface area contributed by atoms with Crippen LogP contribution in [0.4, 0.5) is 26.7 Å². The third-order valence-electron chi connectivity index (χ3n) is 19.1. The van der Waals surface area contributed by atoms with E-state index in [2.05, 4.69) is 45.3 Å². The number of aromatic hydroxyl groups is 1. The summed E-state index contributed by atoms with van der Waals surface area (Å²) >= 11 is 1.19. The number of anilines is 3. The summed E-state index contributed by atoms with van der Waals surface area (Å²) in [6.45, 7) is 17.9. The van der Waals surface area contributed by atoms with E-state index in [4.69, 9.17) is 29.7 Å². The number of aliphatic hydroxyl groups excluding tert-OH is 1. The monoisotopic (exact) mass is 1410 g/mol. The normalized spacial score (nSPS) is 23.1. The van der Waals surface area contributed by atoms with Gasteiger partial charge in [-0.2, -0.15) is 0 Å². The van der Waals surface area contributed by atoms with Crippen molar-refractivity contribution >= 4 is 113 Å². The highest BCUT2D eigenvalue weighted by Gasteiger charge is 2.49. The maximum Gasteiger partial charge on any atom is 0.410 e. The molecule has 26 nitrogen and oxygen atoms in total. The lowest BCUT2D eigenvalue weighted by atomic mass is 9.82. The fourth-order valence-corrected chi connectivity index (χ4v) is 14.4. The first-order chi connectivity index (χ1) is 48.1. The number of hydrogen-bond donors (Lipinski definition) is 8. The Morgan fingerprint density at radius 2 is 1.59 bits per heavy atom. The average Bonchev–Trinajstić information content (AvgIpc) is 1.69. The molecule has 540 valence electrons. The van der Waals surface area contributed by atoms with Gasteiger partial charge in [-0.05, 0) is 118 Å². The lowest BCUT2D eigenvalue weighted by Gasteiger charge is -2.35. The van der Waals surface area contributed by atoms with Crippen LogP contribution in [0.1, 0.15) is 128 Å². The second-order valence-corrected chi connectivity index (χ2v) is 28.3. The average molecular weight is 1410 g/mol. The maximum absolute atomic E-state index is 14.9. The second kappa shape index (κ2) is 33.2. The van der Waals surface area contributed by atoms with Crippen LogP contribution in [-0.4, -0.2) is 155 Å². The number of ketones is 1. The first kappa shape index (κ1) is 75.5. The van der Waals surface area contributed by atoms with E-state index in [0.29, 0.717) is 72.5 Å². The Morgan fingerprint density at radius 1 is 0.881 bits per heavy atom. The molecular formula is C74H92N10O16S. The van der Waals surface area contributed by atoms with Gasteiger partial charge in [0.1, 0.15) is 30.1 Å². The van der Waals surface area contributed by atoms with E-state index < -0.39 is 76.9 Å². The molecule has 4 aliphatic heterocycles. The third kappa shape index (κ3) is 17.9. The van der Waals surface area contributed by atoms with Gasteiger partial charge in [0.05, 0.1) is 49.9 Å². The fourth-order valence-electron chi connectivity index (χ4n) is 13.3. The number of piperazine rings is 1. The number of methoxy groups -OCH3 is 1. The molecule has 9 atom stereocenters. The lowest BCUT2D eigenvalue weighted by Crippen LogP contribution is -2.54. The number of phenolic OH excluding ortho intramolecular Hbond substituents is 1. The smallest absolute Gasteiger partial charge is 0.410 e. The van der Waals surface area contributed by atoms with Crippen molar-refractivity contribution in [2.75, 3.05) is 61.9 Å². The van der Waals surface area contributed by atoms with Gasteiger partial charge in [0.2, 0.25) is 17.7 Å². The molecule has 1 aromatic heterocycles. The van der Waals surface area contributed by atoms with Crippen molar-refractivity contribution in [1.29, 1.82) is 0 Å². The number of aromatic nitrogens is 1. The molecule has 4 aliphatic rings. The number of allylic oxidation sites excluding steroid dienone is 3. The van der Waals surface area contributed by atoms with E-state index in [1.165, 1.54) is 50.7 Å². The van der Waals surface area contributed by atoms with Crippen molar-refractivity contribution in [2.45, 2.75) is 150 Å². The SMILES string of the molecule is CO[C@H]1/C=C/O[C@@]2(C)Oc3c(C)c(=O)c4c(O)c(c5sc6cc(N7CCN(C(=O)OCc8ccc(NC(=O)[C@H](CCCNC(N)=O)NC(=O)[C@@H](NC(=O)CCCCCN9C(=O)C=CC9=O)C(C)C)cc8)CC7)ccc6nc5c4c3C2=O)NC(=O)/C(C)=C\C=C\[C@H](C)C[C@@H](C)C[C@@H](C)[C@H](O)[C@@H]1C. The first-order valence-electron chi connectivity index (χ1n) is 34.4. The summed E-state index contributed by atoms with van der Waals surface area (Å²) < 4.78 is 24.9. The zero-order valence-electron chi connectivity index (χ0n) is 58.8. The van der Waals surface area contributed by atoms with E-state index in [9.17, 15) is 58.2 Å². The van der Waals surface area contributed by atoms with Crippen LogP contribution in [0.2, 0.25) is 0 Å². The summed E-state index contributed by atoms with van der Waals surface area (Å²) in [5.74, 6) is -6.51. The summed E-state index contributed by atoms with van der Waals surface area (Å²) in [5.41, 5.74) is 7.25. The van der Waals surface area contributed by atoms with Crippen LogP contribution in [-0.2, 0) is 49.6 Å². The Morgan fingerprint density at radius 3 is 2.28 bits per heavy atom. The van der Waals surface area contributed by atoms with Crippen molar-refractivity contribution < 1.29 is 72.3 Å². The largest absolute Gasteiger partial charge is 0.505 e. The van der Waals surface area contributed by atoms with Gasteiger partial charge >= 0.3 is 17.9 Å². The fraction of sp³-hybridized carbons (Fsp3) is 0.473. The van der Waals surface area contributed by atoms with Gasteiger partial charge < -0.3 is 71.3 Å². The van der Waals surface area contributed by atoms with Crippen LogP contribution in [0, 0.1) is 36.5 Å². The number of nitrogens with two attached hydrogens (primary N) is 1. The van der Waals surface area contributed by atoms with Crippen LogP contribution in [0.15, 0.2) is 95.6 Å². The number of carbonyl (C=O) groups is 9. The highest BCUT2D eigenvalue weighted by Crippen LogP contribution is 2.50. The van der Waals surface area contributed by atoms with Crippen molar-refractivity contribution in [2.24, 2.45) is 35.3 Å². The number of hydrogen-bond acceptors (Lipinski definition) is 19. The summed E-state index contributed by atoms with van der Waals surface area (Å²) in [4.78, 5) is 143. The first-order valence-corrected chi connectivity index (χ1v) is 35.2. The number of rotatable bonds is 20. The highest BCUT2D eigenvalue weighted by molar-refractivity contribution is 7.25. The van der Waals surface area contributed by atoms with E-state index >= 15 is 0 Å². The van der Waals surface area contributed by atoms with Gasteiger partial charge in [0, 0.05) is 106 Å². The Balaban J connectivity index is 0.872. The number of imide groups is 1. The van der Waals surface area contributed by atoms with Gasteiger partial charge in [-0.15, -0.1) is 11.3 Å². The number of benzene rings is 4. The number of fused-ring (bicyclic) bond motifs is 2. The Bertz CT molecular complexity index is 4180. The molecule has 5 heterocycles. The van der Waals surface area contributed by atoms with E-state index in [1.807, 2.05) is 38.1 Å². The topological polar surface area (TPSA) is 357 Å². The molecule has 101 heavy (non-hydrogen) atoms. The Hall–Kier alpha value is -9.73. The van der Waals surface area contributed by atoms with Gasteiger partial charge in [-0.1, -0.05) is 78.3 Å². The predicted octanol–water partition coefficient (Wildman–Crippen LogP) is 8.91. The molecule has 0 unspecified atom stereocenters. The number of unbranched alkanes of at least 4 members (excludes halogenated alkanes) is 2. The quantitative estimate of drug-likeness (QED) is 0.0118. The summed E-state index contributed by atoms with van der Waals surface area (Å²) in [6, 6.07) is 9.38. The minimum absolute atomic E-state index is 0.0249. The molecule has 0 spiro atoms. The van der Waals surface area contributed by atoms with Crippen LogP contribution in [0.25, 0.3) is 31.2 Å². The molecule has 4 aromatic carbocycles. The van der Waals surface area contributed by atoms with Gasteiger partial charge in [-0.25, -0.2) is 14.6 Å². The second-order valence-electron chi connectivity index (χ2n) is 27.2. The van der Waals surface area contributed by atoms with Crippen molar-refractivity contribution in [3.05, 3.63) is 118 Å². The number of aliphatic hydroxyl groups is 1.